The van der Waals surface area contributed by atoms with Gasteiger partial charge in [-0.15, -0.1) is 0 Å². The number of halogens is 3. The minimum absolute atomic E-state index is 0.0629. The SMILES string of the molecule is CCCNCc1cncn1CCC(F)(F)F. The molecule has 1 rings (SSSR count). The number of aromatic nitrogens is 2. The van der Waals surface area contributed by atoms with Gasteiger partial charge in [0.05, 0.1) is 18.4 Å². The van der Waals surface area contributed by atoms with Gasteiger partial charge in [-0.3, -0.25) is 0 Å². The molecule has 0 unspecified atom stereocenters. The van der Waals surface area contributed by atoms with Crippen molar-refractivity contribution in [2.24, 2.45) is 0 Å². The number of aryl methyl sites for hydroxylation is 1. The van der Waals surface area contributed by atoms with Crippen LogP contribution in [0.1, 0.15) is 25.5 Å². The van der Waals surface area contributed by atoms with Crippen LogP contribution in [0.2, 0.25) is 0 Å². The predicted molar refractivity (Wildman–Crippen MR) is 54.9 cm³/mol. The van der Waals surface area contributed by atoms with Gasteiger partial charge in [0.15, 0.2) is 0 Å². The molecular formula is C10H16F3N3. The Morgan fingerprint density at radius 1 is 1.44 bits per heavy atom. The molecule has 3 nitrogen and oxygen atoms in total. The molecule has 1 aromatic rings. The maximum Gasteiger partial charge on any atom is 0.390 e. The lowest BCUT2D eigenvalue weighted by atomic mass is 10.3. The summed E-state index contributed by atoms with van der Waals surface area (Å²) in [6, 6.07) is 0. The van der Waals surface area contributed by atoms with E-state index in [4.69, 9.17) is 0 Å². The lowest BCUT2D eigenvalue weighted by Gasteiger charge is -2.10. The molecule has 0 amide bonds. The molecule has 0 aliphatic rings. The standard InChI is InChI=1S/C10H16F3N3/c1-2-4-14-6-9-7-15-8-16(9)5-3-10(11,12)13/h7-8,14H,2-6H2,1H3. The maximum atomic E-state index is 12.0. The van der Waals surface area contributed by atoms with Gasteiger partial charge < -0.3 is 9.88 Å². The third-order valence-corrected chi connectivity index (χ3v) is 2.17. The van der Waals surface area contributed by atoms with Crippen molar-refractivity contribution in [3.63, 3.8) is 0 Å². The molecule has 0 radical (unpaired) electrons. The summed E-state index contributed by atoms with van der Waals surface area (Å²) in [5.41, 5.74) is 0.790. The van der Waals surface area contributed by atoms with Crippen molar-refractivity contribution in [1.82, 2.24) is 14.9 Å². The lowest BCUT2D eigenvalue weighted by molar-refractivity contribution is -0.136. The molecule has 92 valence electrons. The van der Waals surface area contributed by atoms with E-state index in [1.165, 1.54) is 10.9 Å². The van der Waals surface area contributed by atoms with Gasteiger partial charge in [-0.05, 0) is 13.0 Å². The summed E-state index contributed by atoms with van der Waals surface area (Å²) in [6.45, 7) is 3.39. The summed E-state index contributed by atoms with van der Waals surface area (Å²) in [5, 5.41) is 3.13. The predicted octanol–water partition coefficient (Wildman–Crippen LogP) is 2.34. The van der Waals surface area contributed by atoms with Crippen LogP contribution in [0.3, 0.4) is 0 Å². The Hall–Kier alpha value is -1.04. The monoisotopic (exact) mass is 235 g/mol. The third kappa shape index (κ3) is 4.65. The quantitative estimate of drug-likeness (QED) is 0.767. The lowest BCUT2D eigenvalue weighted by Crippen LogP contribution is -2.18. The Labute approximate surface area is 92.7 Å². The fourth-order valence-electron chi connectivity index (χ4n) is 1.34. The number of alkyl halides is 3. The number of hydrogen-bond donors (Lipinski definition) is 1. The second-order valence-corrected chi connectivity index (χ2v) is 3.62. The number of nitrogens with one attached hydrogen (secondary N) is 1. The molecule has 0 aromatic carbocycles. The van der Waals surface area contributed by atoms with Crippen molar-refractivity contribution in [2.45, 2.75) is 39.0 Å². The first-order valence-electron chi connectivity index (χ1n) is 5.29. The van der Waals surface area contributed by atoms with Gasteiger partial charge in [0.25, 0.3) is 0 Å². The smallest absolute Gasteiger partial charge is 0.333 e. The molecule has 0 bridgehead atoms. The highest BCUT2D eigenvalue weighted by Crippen LogP contribution is 2.20. The largest absolute Gasteiger partial charge is 0.390 e. The van der Waals surface area contributed by atoms with E-state index < -0.39 is 12.6 Å². The van der Waals surface area contributed by atoms with Crippen molar-refractivity contribution in [1.29, 1.82) is 0 Å². The van der Waals surface area contributed by atoms with Crippen LogP contribution in [0, 0.1) is 0 Å². The van der Waals surface area contributed by atoms with Crippen LogP contribution in [0.15, 0.2) is 12.5 Å². The number of imidazole rings is 1. The van der Waals surface area contributed by atoms with E-state index in [1.54, 1.807) is 6.20 Å². The fourth-order valence-corrected chi connectivity index (χ4v) is 1.34. The summed E-state index contributed by atoms with van der Waals surface area (Å²) in [4.78, 5) is 3.86. The summed E-state index contributed by atoms with van der Waals surface area (Å²) < 4.78 is 37.6. The Bertz CT molecular complexity index is 307. The van der Waals surface area contributed by atoms with Crippen molar-refractivity contribution in [2.75, 3.05) is 6.54 Å². The zero-order valence-electron chi connectivity index (χ0n) is 9.22. The molecule has 1 heterocycles. The Morgan fingerprint density at radius 3 is 2.81 bits per heavy atom. The number of nitrogens with zero attached hydrogens (tertiary/aromatic N) is 2. The van der Waals surface area contributed by atoms with E-state index in [0.717, 1.165) is 18.7 Å². The van der Waals surface area contributed by atoms with Crippen LogP contribution >= 0.6 is 0 Å². The van der Waals surface area contributed by atoms with E-state index in [2.05, 4.69) is 10.3 Å². The van der Waals surface area contributed by atoms with Crippen molar-refractivity contribution in [3.8, 4) is 0 Å². The highest BCUT2D eigenvalue weighted by Gasteiger charge is 2.26. The van der Waals surface area contributed by atoms with Crippen LogP contribution in [-0.4, -0.2) is 22.3 Å². The highest BCUT2D eigenvalue weighted by molar-refractivity contribution is 4.97. The topological polar surface area (TPSA) is 29.9 Å². The Balaban J connectivity index is 2.44. The number of rotatable bonds is 6. The van der Waals surface area contributed by atoms with E-state index in [9.17, 15) is 13.2 Å². The van der Waals surface area contributed by atoms with Gasteiger partial charge in [-0.2, -0.15) is 13.2 Å². The Kier molecular flexibility index (Phi) is 4.79. The summed E-state index contributed by atoms with van der Waals surface area (Å²) >= 11 is 0. The molecule has 6 heteroatoms. The van der Waals surface area contributed by atoms with Gasteiger partial charge in [0, 0.05) is 19.3 Å². The van der Waals surface area contributed by atoms with Crippen LogP contribution in [0.5, 0.6) is 0 Å². The molecule has 0 aliphatic carbocycles. The van der Waals surface area contributed by atoms with Crippen LogP contribution in [-0.2, 0) is 13.1 Å². The second kappa shape index (κ2) is 5.89. The zero-order chi connectivity index (χ0) is 12.0. The normalized spacial score (nSPS) is 12.0. The van der Waals surface area contributed by atoms with Crippen molar-refractivity contribution < 1.29 is 13.2 Å². The maximum absolute atomic E-state index is 12.0. The molecule has 0 atom stereocenters. The molecule has 1 aromatic heterocycles. The van der Waals surface area contributed by atoms with Gasteiger partial charge in [-0.1, -0.05) is 6.92 Å². The first-order chi connectivity index (χ1) is 7.53. The minimum Gasteiger partial charge on any atom is -0.333 e. The van der Waals surface area contributed by atoms with Gasteiger partial charge >= 0.3 is 6.18 Å². The second-order valence-electron chi connectivity index (χ2n) is 3.62. The first kappa shape index (κ1) is 13.0. The van der Waals surface area contributed by atoms with Crippen LogP contribution in [0.4, 0.5) is 13.2 Å². The van der Waals surface area contributed by atoms with E-state index in [0.29, 0.717) is 6.54 Å². The average molecular weight is 235 g/mol. The molecule has 0 spiro atoms. The molecule has 16 heavy (non-hydrogen) atoms. The van der Waals surface area contributed by atoms with Crippen LogP contribution in [0.25, 0.3) is 0 Å². The number of hydrogen-bond acceptors (Lipinski definition) is 2. The van der Waals surface area contributed by atoms with Crippen LogP contribution < -0.4 is 5.32 Å². The summed E-state index contributed by atoms with van der Waals surface area (Å²) in [6.07, 6.45) is -0.896. The zero-order valence-corrected chi connectivity index (χ0v) is 9.22. The van der Waals surface area contributed by atoms with Crippen molar-refractivity contribution >= 4 is 0 Å². The van der Waals surface area contributed by atoms with Gasteiger partial charge in [0.1, 0.15) is 0 Å². The summed E-state index contributed by atoms with van der Waals surface area (Å²) in [7, 11) is 0. The molecular weight excluding hydrogens is 219 g/mol. The molecule has 0 saturated heterocycles. The average Bonchev–Trinajstić information content (AvgIpc) is 2.62. The Morgan fingerprint density at radius 2 is 2.19 bits per heavy atom. The van der Waals surface area contributed by atoms with Crippen molar-refractivity contribution in [3.05, 3.63) is 18.2 Å². The first-order valence-corrected chi connectivity index (χ1v) is 5.29. The van der Waals surface area contributed by atoms with Gasteiger partial charge in [-0.25, -0.2) is 4.98 Å². The van der Waals surface area contributed by atoms with E-state index >= 15 is 0 Å². The fraction of sp³-hybridized carbons (Fsp3) is 0.700. The third-order valence-electron chi connectivity index (χ3n) is 2.17. The molecule has 0 fully saturated rings. The molecule has 1 N–H and O–H groups in total. The summed E-state index contributed by atoms with van der Waals surface area (Å²) in [5.74, 6) is 0. The van der Waals surface area contributed by atoms with E-state index in [-0.39, 0.29) is 6.54 Å². The molecule has 0 saturated carbocycles. The van der Waals surface area contributed by atoms with E-state index in [1.807, 2.05) is 6.92 Å². The molecule has 0 aliphatic heterocycles. The minimum atomic E-state index is -4.11. The van der Waals surface area contributed by atoms with Gasteiger partial charge in [0.2, 0.25) is 0 Å². The highest BCUT2D eigenvalue weighted by atomic mass is 19.4.